The number of rotatable bonds is 6. The van der Waals surface area contributed by atoms with Crippen LogP contribution in [0.5, 0.6) is 5.75 Å². The number of aryl methyl sites for hydroxylation is 1. The average Bonchev–Trinajstić information content (AvgIpc) is 2.87. The first-order valence-electron chi connectivity index (χ1n) is 11.7. The average molecular weight is 534 g/mol. The number of nitrogens with zero attached hydrogens (tertiary/aromatic N) is 1. The summed E-state index contributed by atoms with van der Waals surface area (Å²) >= 11 is 0. The lowest BCUT2D eigenvalue weighted by Crippen LogP contribution is -2.34. The summed E-state index contributed by atoms with van der Waals surface area (Å²) in [6.45, 7) is 1.91. The first-order valence-corrected chi connectivity index (χ1v) is 15.2. The van der Waals surface area contributed by atoms with E-state index in [2.05, 4.69) is 0 Å². The Bertz CT molecular complexity index is 1760. The zero-order chi connectivity index (χ0) is 26.4. The molecule has 1 aliphatic heterocycles. The summed E-state index contributed by atoms with van der Waals surface area (Å²) in [5.41, 5.74) is 4.57. The lowest BCUT2D eigenvalue weighted by molar-refractivity contribution is 0.415. The van der Waals surface area contributed by atoms with Gasteiger partial charge < -0.3 is 4.74 Å². The van der Waals surface area contributed by atoms with E-state index in [-0.39, 0.29) is 17.1 Å². The number of sulfone groups is 1. The maximum atomic E-state index is 13.3. The van der Waals surface area contributed by atoms with Gasteiger partial charge in [0.25, 0.3) is 0 Å². The lowest BCUT2D eigenvalue weighted by Gasteiger charge is -2.32. The summed E-state index contributed by atoms with van der Waals surface area (Å²) in [5.74, 6) is 0.260. The van der Waals surface area contributed by atoms with Crippen LogP contribution >= 0.6 is 0 Å². The van der Waals surface area contributed by atoms with Crippen molar-refractivity contribution in [1.29, 1.82) is 0 Å². The summed E-state index contributed by atoms with van der Waals surface area (Å²) in [4.78, 5) is 0.160. The van der Waals surface area contributed by atoms with Crippen LogP contribution in [0.25, 0.3) is 28.0 Å². The fourth-order valence-electron chi connectivity index (χ4n) is 4.75. The summed E-state index contributed by atoms with van der Waals surface area (Å²) in [6, 6.07) is 24.1. The maximum absolute atomic E-state index is 13.3. The minimum atomic E-state index is -3.79. The molecule has 0 saturated heterocycles. The number of ether oxygens (including phenoxy) is 1. The maximum Gasteiger partial charge on any atom is 0.232 e. The molecule has 0 N–H and O–H groups in total. The molecule has 0 saturated carbocycles. The molecule has 4 aromatic rings. The molecule has 1 aliphatic rings. The van der Waals surface area contributed by atoms with Gasteiger partial charge in [-0.05, 0) is 76.4 Å². The Hall–Kier alpha value is -3.62. The van der Waals surface area contributed by atoms with Crippen molar-refractivity contribution < 1.29 is 21.6 Å². The third kappa shape index (κ3) is 4.86. The van der Waals surface area contributed by atoms with E-state index in [9.17, 15) is 16.8 Å². The molecule has 0 bridgehead atoms. The van der Waals surface area contributed by atoms with Crippen molar-refractivity contribution in [2.24, 2.45) is 0 Å². The smallest absolute Gasteiger partial charge is 0.232 e. The van der Waals surface area contributed by atoms with Crippen molar-refractivity contribution in [1.82, 2.24) is 4.31 Å². The molecule has 0 atom stereocenters. The highest BCUT2D eigenvalue weighted by molar-refractivity contribution is 7.92. The van der Waals surface area contributed by atoms with Gasteiger partial charge in [-0.3, -0.25) is 4.31 Å². The normalized spacial score (nSPS) is 13.8. The number of benzene rings is 4. The van der Waals surface area contributed by atoms with Crippen LogP contribution in [0.1, 0.15) is 16.7 Å². The predicted molar refractivity (Wildman–Crippen MR) is 148 cm³/mol. The molecular formula is C29H27NO5S2. The minimum Gasteiger partial charge on any atom is -0.497 e. The van der Waals surface area contributed by atoms with Crippen molar-refractivity contribution in [3.05, 3.63) is 101 Å². The zero-order valence-electron chi connectivity index (χ0n) is 20.8. The second kappa shape index (κ2) is 9.36. The highest BCUT2D eigenvalue weighted by Gasteiger charge is 2.31. The third-order valence-electron chi connectivity index (χ3n) is 6.63. The molecule has 37 heavy (non-hydrogen) atoms. The van der Waals surface area contributed by atoms with E-state index in [1.807, 2.05) is 61.5 Å². The molecule has 5 rings (SSSR count). The highest BCUT2D eigenvalue weighted by Crippen LogP contribution is 2.40. The Morgan fingerprint density at radius 3 is 2.32 bits per heavy atom. The van der Waals surface area contributed by atoms with E-state index in [1.165, 1.54) is 4.31 Å². The van der Waals surface area contributed by atoms with Crippen LogP contribution in [-0.4, -0.2) is 40.3 Å². The third-order valence-corrected chi connectivity index (χ3v) is 9.46. The van der Waals surface area contributed by atoms with Crippen molar-refractivity contribution >= 4 is 36.7 Å². The van der Waals surface area contributed by atoms with Crippen LogP contribution in [0, 0.1) is 6.92 Å². The molecule has 0 amide bonds. The Balaban J connectivity index is 1.74. The first kappa shape index (κ1) is 25.0. The van der Waals surface area contributed by atoms with Gasteiger partial charge in [0.2, 0.25) is 10.0 Å². The Morgan fingerprint density at radius 2 is 1.62 bits per heavy atom. The van der Waals surface area contributed by atoms with Gasteiger partial charge in [0.05, 0.1) is 30.6 Å². The molecular weight excluding hydrogens is 506 g/mol. The molecule has 0 fully saturated rings. The lowest BCUT2D eigenvalue weighted by atomic mass is 9.88. The van der Waals surface area contributed by atoms with Crippen LogP contribution in [-0.2, 0) is 26.4 Å². The van der Waals surface area contributed by atoms with Crippen LogP contribution in [0.3, 0.4) is 0 Å². The van der Waals surface area contributed by atoms with Crippen LogP contribution < -0.4 is 4.74 Å². The van der Waals surface area contributed by atoms with E-state index in [0.717, 1.165) is 44.8 Å². The van der Waals surface area contributed by atoms with Gasteiger partial charge in [0.1, 0.15) is 5.75 Å². The molecule has 1 heterocycles. The summed E-state index contributed by atoms with van der Waals surface area (Å²) in [7, 11) is -5.96. The predicted octanol–water partition coefficient (Wildman–Crippen LogP) is 5.41. The number of fused-ring (bicyclic) bond motifs is 3. The van der Waals surface area contributed by atoms with Gasteiger partial charge in [-0.2, -0.15) is 0 Å². The molecule has 4 aromatic carbocycles. The number of sulfonamides is 1. The molecule has 6 nitrogen and oxygen atoms in total. The topological polar surface area (TPSA) is 80.8 Å². The van der Waals surface area contributed by atoms with Gasteiger partial charge in [0, 0.05) is 5.70 Å². The van der Waals surface area contributed by atoms with Crippen molar-refractivity contribution in [2.45, 2.75) is 18.4 Å². The summed E-state index contributed by atoms with van der Waals surface area (Å²) in [5, 5.41) is 1.91. The molecule has 0 aromatic heterocycles. The van der Waals surface area contributed by atoms with E-state index in [1.54, 1.807) is 37.5 Å². The Labute approximate surface area is 217 Å². The fraction of sp³-hybridized carbons (Fsp3) is 0.172. The summed E-state index contributed by atoms with van der Waals surface area (Å²) in [6.07, 6.45) is 2.83. The quantitative estimate of drug-likeness (QED) is 0.331. The van der Waals surface area contributed by atoms with Crippen molar-refractivity contribution in [2.75, 3.05) is 19.1 Å². The monoisotopic (exact) mass is 533 g/mol. The van der Waals surface area contributed by atoms with Crippen LogP contribution in [0.2, 0.25) is 0 Å². The van der Waals surface area contributed by atoms with Gasteiger partial charge in [-0.15, -0.1) is 0 Å². The second-order valence-electron chi connectivity index (χ2n) is 9.25. The van der Waals surface area contributed by atoms with Crippen LogP contribution in [0.4, 0.5) is 0 Å². The summed E-state index contributed by atoms with van der Waals surface area (Å²) < 4.78 is 59.2. The van der Waals surface area contributed by atoms with Crippen LogP contribution in [0.15, 0.2) is 89.5 Å². The molecule has 8 heteroatoms. The van der Waals surface area contributed by atoms with E-state index < -0.39 is 25.6 Å². The molecule has 0 radical (unpaired) electrons. The van der Waals surface area contributed by atoms with E-state index in [0.29, 0.717) is 5.75 Å². The fourth-order valence-corrected chi connectivity index (χ4v) is 7.09. The largest absolute Gasteiger partial charge is 0.497 e. The molecule has 0 aliphatic carbocycles. The Morgan fingerprint density at radius 1 is 0.892 bits per heavy atom. The van der Waals surface area contributed by atoms with Gasteiger partial charge in [0.15, 0.2) is 9.84 Å². The second-order valence-corrected chi connectivity index (χ2v) is 13.1. The Kier molecular flexibility index (Phi) is 6.33. The standard InChI is InChI=1S/C29H27NO5S2/c1-20-11-13-25(14-12-20)37(33,34)19-23-17-28-26-10-5-4-7-22(26)16-27(21-8-6-9-24(15-21)35-2)29(28)18-30(23)36(3,31)32/h4-17H,18-19H2,1-3H3. The number of hydrogen-bond acceptors (Lipinski definition) is 5. The van der Waals surface area contributed by atoms with Crippen molar-refractivity contribution in [3.8, 4) is 16.9 Å². The number of methoxy groups -OCH3 is 1. The minimum absolute atomic E-state index is 0.0286. The molecule has 0 unspecified atom stereocenters. The van der Waals surface area contributed by atoms with Gasteiger partial charge in [-0.25, -0.2) is 16.8 Å². The van der Waals surface area contributed by atoms with Crippen molar-refractivity contribution in [3.63, 3.8) is 0 Å². The first-order chi connectivity index (χ1) is 17.6. The zero-order valence-corrected chi connectivity index (χ0v) is 22.4. The van der Waals surface area contributed by atoms with E-state index >= 15 is 0 Å². The number of hydrogen-bond donors (Lipinski definition) is 0. The van der Waals surface area contributed by atoms with Gasteiger partial charge in [-0.1, -0.05) is 54.1 Å². The SMILES string of the molecule is COc1cccc(-c2cc3ccccc3c3c2CN(S(C)(=O)=O)C(CS(=O)(=O)c2ccc(C)cc2)=C3)c1. The highest BCUT2D eigenvalue weighted by atomic mass is 32.2. The molecule has 190 valence electrons. The van der Waals surface area contributed by atoms with E-state index in [4.69, 9.17) is 4.74 Å². The molecule has 0 spiro atoms. The van der Waals surface area contributed by atoms with Gasteiger partial charge >= 0.3 is 0 Å².